The smallest absolute Gasteiger partial charge is 0.314 e. The van der Waals surface area contributed by atoms with Crippen LogP contribution in [0.5, 0.6) is 0 Å². The van der Waals surface area contributed by atoms with E-state index in [4.69, 9.17) is 9.63 Å². The number of aliphatic carboxylic acids is 1. The van der Waals surface area contributed by atoms with Crippen LogP contribution < -0.4 is 0 Å². The summed E-state index contributed by atoms with van der Waals surface area (Å²) in [7, 11) is 0. The van der Waals surface area contributed by atoms with Crippen molar-refractivity contribution in [3.63, 3.8) is 0 Å². The number of pyridine rings is 1. The summed E-state index contributed by atoms with van der Waals surface area (Å²) in [6.07, 6.45) is 1.61. The lowest BCUT2D eigenvalue weighted by Gasteiger charge is -1.95. The third-order valence-corrected chi connectivity index (χ3v) is 3.14. The van der Waals surface area contributed by atoms with E-state index in [-0.39, 0.29) is 11.0 Å². The fourth-order valence-corrected chi connectivity index (χ4v) is 1.96. The molecule has 8 heteroatoms. The molecule has 0 saturated carbocycles. The third kappa shape index (κ3) is 3.04. The highest BCUT2D eigenvalue weighted by atomic mass is 79.9. The van der Waals surface area contributed by atoms with Crippen LogP contribution in [-0.2, 0) is 4.79 Å². The molecular weight excluding hydrogens is 310 g/mol. The van der Waals surface area contributed by atoms with Crippen LogP contribution in [0.3, 0.4) is 0 Å². The van der Waals surface area contributed by atoms with Crippen molar-refractivity contribution in [3.8, 4) is 11.5 Å². The minimum absolute atomic E-state index is 0.120. The molecule has 0 bridgehead atoms. The zero-order valence-electron chi connectivity index (χ0n) is 8.33. The van der Waals surface area contributed by atoms with Crippen molar-refractivity contribution < 1.29 is 14.4 Å². The maximum atomic E-state index is 10.4. The number of aromatic nitrogens is 3. The van der Waals surface area contributed by atoms with Gasteiger partial charge in [-0.05, 0) is 28.1 Å². The summed E-state index contributed by atoms with van der Waals surface area (Å²) < 4.78 is 5.65. The average molecular weight is 316 g/mol. The fourth-order valence-electron chi connectivity index (χ4n) is 1.04. The zero-order chi connectivity index (χ0) is 12.3. The van der Waals surface area contributed by atoms with E-state index < -0.39 is 5.97 Å². The standard InChI is InChI=1S/C9H6BrN3O3S/c10-5-2-1-3-11-7(5)8-12-9(16-13-8)17-4-6(14)15/h1-3H,4H2,(H,14,15). The Labute approximate surface area is 109 Å². The molecule has 6 nitrogen and oxygen atoms in total. The predicted molar refractivity (Wildman–Crippen MR) is 63.6 cm³/mol. The van der Waals surface area contributed by atoms with Gasteiger partial charge in [0.2, 0.25) is 5.82 Å². The number of thioether (sulfide) groups is 1. The molecule has 1 N–H and O–H groups in total. The molecule has 0 saturated heterocycles. The van der Waals surface area contributed by atoms with Crippen molar-refractivity contribution in [1.29, 1.82) is 0 Å². The lowest BCUT2D eigenvalue weighted by Crippen LogP contribution is -1.97. The Hall–Kier alpha value is -1.41. The first-order chi connectivity index (χ1) is 8.16. The molecule has 0 unspecified atom stereocenters. The summed E-state index contributed by atoms with van der Waals surface area (Å²) in [5.41, 5.74) is 0.554. The van der Waals surface area contributed by atoms with Crippen LogP contribution in [0.25, 0.3) is 11.5 Å². The van der Waals surface area contributed by atoms with Gasteiger partial charge in [0.05, 0.1) is 0 Å². The van der Waals surface area contributed by atoms with E-state index in [0.29, 0.717) is 11.5 Å². The summed E-state index contributed by atoms with van der Waals surface area (Å²) in [5, 5.41) is 12.5. The highest BCUT2D eigenvalue weighted by Gasteiger charge is 2.13. The van der Waals surface area contributed by atoms with Gasteiger partial charge in [-0.1, -0.05) is 16.9 Å². The quantitative estimate of drug-likeness (QED) is 0.864. The lowest BCUT2D eigenvalue weighted by atomic mass is 10.3. The van der Waals surface area contributed by atoms with Gasteiger partial charge in [0, 0.05) is 10.7 Å². The number of hydrogen-bond donors (Lipinski definition) is 1. The van der Waals surface area contributed by atoms with Crippen LogP contribution in [0.2, 0.25) is 0 Å². The van der Waals surface area contributed by atoms with Gasteiger partial charge < -0.3 is 9.63 Å². The van der Waals surface area contributed by atoms with Crippen molar-refractivity contribution in [2.45, 2.75) is 5.22 Å². The second kappa shape index (κ2) is 5.28. The molecule has 2 heterocycles. The summed E-state index contributed by atoms with van der Waals surface area (Å²) in [6.45, 7) is 0. The highest BCUT2D eigenvalue weighted by molar-refractivity contribution is 9.10. The highest BCUT2D eigenvalue weighted by Crippen LogP contribution is 2.25. The Morgan fingerprint density at radius 3 is 3.12 bits per heavy atom. The van der Waals surface area contributed by atoms with Gasteiger partial charge in [0.1, 0.15) is 11.4 Å². The number of rotatable bonds is 4. The van der Waals surface area contributed by atoms with Gasteiger partial charge in [-0.15, -0.1) is 0 Å². The van der Waals surface area contributed by atoms with Gasteiger partial charge in [0.25, 0.3) is 5.22 Å². The Morgan fingerprint density at radius 1 is 1.59 bits per heavy atom. The third-order valence-electron chi connectivity index (χ3n) is 1.70. The molecule has 2 rings (SSSR count). The topological polar surface area (TPSA) is 89.1 Å². The minimum Gasteiger partial charge on any atom is -0.481 e. The van der Waals surface area contributed by atoms with Gasteiger partial charge in [-0.3, -0.25) is 9.78 Å². The van der Waals surface area contributed by atoms with E-state index in [1.165, 1.54) is 0 Å². The molecule has 0 radical (unpaired) electrons. The lowest BCUT2D eigenvalue weighted by molar-refractivity contribution is -0.133. The van der Waals surface area contributed by atoms with E-state index in [9.17, 15) is 4.79 Å². The van der Waals surface area contributed by atoms with Crippen LogP contribution in [0.4, 0.5) is 0 Å². The Kier molecular flexibility index (Phi) is 3.75. The molecule has 88 valence electrons. The van der Waals surface area contributed by atoms with Crippen molar-refractivity contribution in [3.05, 3.63) is 22.8 Å². The second-order valence-corrected chi connectivity index (χ2v) is 4.68. The number of hydrogen-bond acceptors (Lipinski definition) is 6. The van der Waals surface area contributed by atoms with E-state index in [2.05, 4.69) is 31.1 Å². The van der Waals surface area contributed by atoms with Gasteiger partial charge in [-0.2, -0.15) is 4.98 Å². The van der Waals surface area contributed by atoms with Crippen LogP contribution >= 0.6 is 27.7 Å². The van der Waals surface area contributed by atoms with Gasteiger partial charge in [0.15, 0.2) is 0 Å². The first kappa shape index (κ1) is 12.1. The molecule has 17 heavy (non-hydrogen) atoms. The molecule has 0 aliphatic heterocycles. The number of halogens is 1. The monoisotopic (exact) mass is 315 g/mol. The molecule has 0 fully saturated rings. The molecule has 0 aromatic carbocycles. The number of carboxylic acid groups (broad SMARTS) is 1. The maximum Gasteiger partial charge on any atom is 0.314 e. The Bertz CT molecular complexity index is 546. The van der Waals surface area contributed by atoms with Crippen LogP contribution in [0, 0.1) is 0 Å². The first-order valence-electron chi connectivity index (χ1n) is 4.46. The second-order valence-electron chi connectivity index (χ2n) is 2.90. The maximum absolute atomic E-state index is 10.4. The van der Waals surface area contributed by atoms with Crippen molar-refractivity contribution in [1.82, 2.24) is 15.1 Å². The molecule has 2 aromatic rings. The van der Waals surface area contributed by atoms with Crippen LogP contribution in [-0.4, -0.2) is 32.0 Å². The van der Waals surface area contributed by atoms with E-state index in [0.717, 1.165) is 16.2 Å². The summed E-state index contributed by atoms with van der Waals surface area (Å²) >= 11 is 4.29. The Morgan fingerprint density at radius 2 is 2.41 bits per heavy atom. The SMILES string of the molecule is O=C(O)CSc1nc(-c2ncccc2Br)no1. The molecule has 2 aromatic heterocycles. The molecule has 0 atom stereocenters. The minimum atomic E-state index is -0.936. The average Bonchev–Trinajstić information content (AvgIpc) is 2.75. The van der Waals surface area contributed by atoms with Crippen molar-refractivity contribution >= 4 is 33.7 Å². The van der Waals surface area contributed by atoms with Crippen molar-refractivity contribution in [2.24, 2.45) is 0 Å². The molecule has 0 spiro atoms. The summed E-state index contributed by atoms with van der Waals surface area (Å²) in [5.74, 6) is -0.732. The number of carbonyl (C=O) groups is 1. The fraction of sp³-hybridized carbons (Fsp3) is 0.111. The molecule has 0 aliphatic rings. The summed E-state index contributed by atoms with van der Waals surface area (Å²) in [6, 6.07) is 3.58. The number of nitrogens with zero attached hydrogens (tertiary/aromatic N) is 3. The first-order valence-corrected chi connectivity index (χ1v) is 6.24. The van der Waals surface area contributed by atoms with Gasteiger partial charge in [-0.25, -0.2) is 0 Å². The zero-order valence-corrected chi connectivity index (χ0v) is 10.7. The largest absolute Gasteiger partial charge is 0.481 e. The molecule has 0 aliphatic carbocycles. The van der Waals surface area contributed by atoms with E-state index >= 15 is 0 Å². The molecule has 0 amide bonds. The van der Waals surface area contributed by atoms with E-state index in [1.807, 2.05) is 6.07 Å². The van der Waals surface area contributed by atoms with Crippen molar-refractivity contribution in [2.75, 3.05) is 5.75 Å². The Balaban J connectivity index is 2.18. The van der Waals surface area contributed by atoms with Crippen LogP contribution in [0.15, 0.2) is 32.5 Å². The predicted octanol–water partition coefficient (Wildman–Crippen LogP) is 2.07. The molecular formula is C9H6BrN3O3S. The van der Waals surface area contributed by atoms with E-state index in [1.54, 1.807) is 12.3 Å². The normalized spacial score (nSPS) is 10.4. The van der Waals surface area contributed by atoms with Gasteiger partial charge >= 0.3 is 5.97 Å². The van der Waals surface area contributed by atoms with Crippen LogP contribution in [0.1, 0.15) is 0 Å². The summed E-state index contributed by atoms with van der Waals surface area (Å²) in [4.78, 5) is 18.5. The number of carboxylic acids is 1.